The summed E-state index contributed by atoms with van der Waals surface area (Å²) in [6, 6.07) is 0. The first-order chi connectivity index (χ1) is 17.5. The summed E-state index contributed by atoms with van der Waals surface area (Å²) < 4.78 is 5.55. The number of aliphatic hydroxyl groups excluding tert-OH is 1. The Morgan fingerprint density at radius 3 is 2.21 bits per heavy atom. The lowest BCUT2D eigenvalue weighted by molar-refractivity contribution is -0.226. The van der Waals surface area contributed by atoms with Crippen molar-refractivity contribution in [2.75, 3.05) is 0 Å². The van der Waals surface area contributed by atoms with E-state index in [1.165, 1.54) is 12.0 Å². The molecule has 0 aromatic rings. The van der Waals surface area contributed by atoms with Crippen molar-refractivity contribution in [3.05, 3.63) is 11.1 Å². The second-order valence-electron chi connectivity index (χ2n) is 15.7. The minimum Gasteiger partial charge on any atom is -0.447 e. The number of nitrogens with one attached hydrogen (secondary N) is 1. The molecule has 0 spiro atoms. The number of hydrogen-bond acceptors (Lipinski definition) is 4. The second-order valence-corrected chi connectivity index (χ2v) is 15.7. The maximum Gasteiger partial charge on any atom is 0.408 e. The van der Waals surface area contributed by atoms with Crippen molar-refractivity contribution in [2.45, 2.75) is 138 Å². The van der Waals surface area contributed by atoms with Gasteiger partial charge in [0.25, 0.3) is 0 Å². The first kappa shape index (κ1) is 28.2. The van der Waals surface area contributed by atoms with Crippen molar-refractivity contribution in [3.8, 4) is 0 Å². The third kappa shape index (κ3) is 3.65. The van der Waals surface area contributed by atoms with E-state index >= 15 is 0 Å². The van der Waals surface area contributed by atoms with E-state index in [4.69, 9.17) is 4.74 Å². The number of aliphatic hydroxyl groups is 1. The Kier molecular flexibility index (Phi) is 6.54. The summed E-state index contributed by atoms with van der Waals surface area (Å²) in [6.45, 7) is 20.3. The Balaban J connectivity index is 1.57. The van der Waals surface area contributed by atoms with E-state index in [2.05, 4.69) is 53.8 Å². The highest BCUT2D eigenvalue weighted by Crippen LogP contribution is 2.75. The van der Waals surface area contributed by atoms with Crippen molar-refractivity contribution in [3.63, 3.8) is 0 Å². The van der Waals surface area contributed by atoms with Crippen LogP contribution in [0.15, 0.2) is 11.1 Å². The number of ketones is 1. The highest BCUT2D eigenvalue weighted by molar-refractivity contribution is 6.02. The van der Waals surface area contributed by atoms with Gasteiger partial charge in [0.05, 0.1) is 17.7 Å². The molecule has 8 atom stereocenters. The lowest BCUT2D eigenvalue weighted by Gasteiger charge is -2.72. The highest BCUT2D eigenvalue weighted by atomic mass is 16.6. The summed E-state index contributed by atoms with van der Waals surface area (Å²) in [6.07, 6.45) is 7.96. The van der Waals surface area contributed by atoms with E-state index in [-0.39, 0.29) is 45.6 Å². The van der Waals surface area contributed by atoms with E-state index in [0.717, 1.165) is 50.5 Å². The van der Waals surface area contributed by atoms with Crippen LogP contribution in [0.1, 0.15) is 120 Å². The van der Waals surface area contributed by atoms with Gasteiger partial charge in [-0.3, -0.25) is 4.79 Å². The van der Waals surface area contributed by atoms with Crippen LogP contribution in [0.3, 0.4) is 0 Å². The molecule has 5 nitrogen and oxygen atoms in total. The quantitative estimate of drug-likeness (QED) is 0.406. The van der Waals surface area contributed by atoms with E-state index in [9.17, 15) is 14.7 Å². The number of ether oxygens (including phenoxy) is 1. The molecule has 2 N–H and O–H groups in total. The van der Waals surface area contributed by atoms with E-state index < -0.39 is 11.6 Å². The fraction of sp³-hybridized carbons (Fsp3) is 0.879. The second kappa shape index (κ2) is 8.82. The van der Waals surface area contributed by atoms with Gasteiger partial charge in [-0.05, 0) is 122 Å². The van der Waals surface area contributed by atoms with Gasteiger partial charge in [0, 0.05) is 6.42 Å². The fourth-order valence-corrected chi connectivity index (χ4v) is 11.2. The predicted molar refractivity (Wildman–Crippen MR) is 150 cm³/mol. The zero-order chi connectivity index (χ0) is 28.1. The van der Waals surface area contributed by atoms with Crippen LogP contribution in [-0.4, -0.2) is 34.7 Å². The molecule has 0 heterocycles. The molecule has 0 radical (unpaired) electrons. The smallest absolute Gasteiger partial charge is 0.408 e. The number of alkyl carbamates (subject to hydrolysis) is 1. The van der Waals surface area contributed by atoms with Gasteiger partial charge in [0.2, 0.25) is 0 Å². The summed E-state index contributed by atoms with van der Waals surface area (Å²) in [5.74, 6) is 1.79. The Labute approximate surface area is 230 Å². The van der Waals surface area contributed by atoms with Crippen molar-refractivity contribution >= 4 is 11.9 Å². The number of allylic oxidation sites excluding steroid dienone is 1. The van der Waals surface area contributed by atoms with Gasteiger partial charge in [-0.1, -0.05) is 48.5 Å². The summed E-state index contributed by atoms with van der Waals surface area (Å²) in [7, 11) is 0. The van der Waals surface area contributed by atoms with Crippen LogP contribution in [0.2, 0.25) is 0 Å². The van der Waals surface area contributed by atoms with Crippen LogP contribution >= 0.6 is 0 Å². The third-order valence-corrected chi connectivity index (χ3v) is 13.1. The van der Waals surface area contributed by atoms with Gasteiger partial charge in [0.15, 0.2) is 5.78 Å². The van der Waals surface area contributed by atoms with Gasteiger partial charge in [-0.2, -0.15) is 0 Å². The number of rotatable bonds is 3. The van der Waals surface area contributed by atoms with Gasteiger partial charge in [0.1, 0.15) is 0 Å². The molecule has 3 unspecified atom stereocenters. The summed E-state index contributed by atoms with van der Waals surface area (Å²) in [5, 5.41) is 14.2. The van der Waals surface area contributed by atoms with Crippen molar-refractivity contribution in [1.82, 2.24) is 5.32 Å². The van der Waals surface area contributed by atoms with E-state index in [0.29, 0.717) is 24.2 Å². The number of amides is 1. The molecule has 5 rings (SSSR count). The molecular formula is C33H53NO4. The molecule has 5 aliphatic rings. The van der Waals surface area contributed by atoms with Crippen LogP contribution in [0.5, 0.6) is 0 Å². The Morgan fingerprint density at radius 1 is 0.895 bits per heavy atom. The fourth-order valence-electron chi connectivity index (χ4n) is 11.2. The van der Waals surface area contributed by atoms with Gasteiger partial charge in [-0.15, -0.1) is 0 Å². The summed E-state index contributed by atoms with van der Waals surface area (Å²) in [5.41, 5.74) is 2.02. The van der Waals surface area contributed by atoms with Gasteiger partial charge < -0.3 is 15.2 Å². The van der Waals surface area contributed by atoms with Crippen LogP contribution in [0, 0.1) is 45.3 Å². The zero-order valence-electron chi connectivity index (χ0n) is 25.5. The standard InChI is InChI=1S/C33H53NO4/c1-19(2)26-22(35)18-33(34-28(37)38-20(3)4)17-16-31(8)21(27(26)33)10-11-24-30(7)14-13-25(36)29(5,6)23(30)12-15-32(24,31)9/h19-21,23-25,36H,10-18H2,1-9H3,(H,34,37)/t21-,23?,24-,25+,30?,31-,32-,33?/m1/s1. The highest BCUT2D eigenvalue weighted by Gasteiger charge is 2.70. The maximum absolute atomic E-state index is 13.6. The van der Waals surface area contributed by atoms with Crippen molar-refractivity contribution < 1.29 is 19.4 Å². The van der Waals surface area contributed by atoms with Crippen LogP contribution < -0.4 is 5.32 Å². The maximum atomic E-state index is 13.6. The minimum atomic E-state index is -0.603. The average Bonchev–Trinajstić information content (AvgIpc) is 3.08. The number of carbonyl (C=O) groups is 2. The molecule has 0 bridgehead atoms. The molecule has 38 heavy (non-hydrogen) atoms. The molecule has 0 aromatic heterocycles. The SMILES string of the molecule is CC(C)OC(=O)NC12CC[C@]3(C)[C@H](CC[C@@H]4C5(C)CC[C@H](O)C(C)(C)C5CC[C@]43C)C1=C(C(C)C)C(=O)C2. The first-order valence-electron chi connectivity index (χ1n) is 15.5. The van der Waals surface area contributed by atoms with Crippen LogP contribution in [-0.2, 0) is 9.53 Å². The number of carbonyl (C=O) groups excluding carboxylic acids is 2. The lowest BCUT2D eigenvalue weighted by atomic mass is 9.33. The largest absolute Gasteiger partial charge is 0.447 e. The van der Waals surface area contributed by atoms with Gasteiger partial charge >= 0.3 is 6.09 Å². The normalized spacial score (nSPS) is 45.8. The number of hydrogen-bond donors (Lipinski definition) is 2. The topological polar surface area (TPSA) is 75.6 Å². The molecule has 0 saturated heterocycles. The Bertz CT molecular complexity index is 1040. The van der Waals surface area contributed by atoms with Crippen molar-refractivity contribution in [1.29, 1.82) is 0 Å². The molecule has 0 aliphatic heterocycles. The molecule has 1 amide bonds. The molecule has 4 saturated carbocycles. The molecule has 214 valence electrons. The molecular weight excluding hydrogens is 474 g/mol. The number of Topliss-reactive ketones (excluding diaryl/α,β-unsaturated/α-hetero) is 1. The third-order valence-electron chi connectivity index (χ3n) is 13.1. The minimum absolute atomic E-state index is 0.0558. The predicted octanol–water partition coefficient (Wildman–Crippen LogP) is 7.22. The molecule has 4 fully saturated rings. The Hall–Kier alpha value is -1.36. The lowest BCUT2D eigenvalue weighted by Crippen LogP contribution is -2.67. The van der Waals surface area contributed by atoms with Crippen molar-refractivity contribution in [2.24, 2.45) is 45.3 Å². The Morgan fingerprint density at radius 2 is 1.58 bits per heavy atom. The molecule has 5 heteroatoms. The average molecular weight is 528 g/mol. The molecule has 0 aromatic carbocycles. The summed E-state index contributed by atoms with van der Waals surface area (Å²) >= 11 is 0. The van der Waals surface area contributed by atoms with E-state index in [1.807, 2.05) is 13.8 Å². The van der Waals surface area contributed by atoms with Crippen LogP contribution in [0.25, 0.3) is 0 Å². The number of fused-ring (bicyclic) bond motifs is 7. The van der Waals surface area contributed by atoms with Gasteiger partial charge in [-0.25, -0.2) is 4.79 Å². The zero-order valence-corrected chi connectivity index (χ0v) is 25.5. The molecule has 5 aliphatic carbocycles. The van der Waals surface area contributed by atoms with Crippen LogP contribution in [0.4, 0.5) is 4.79 Å². The van der Waals surface area contributed by atoms with E-state index in [1.54, 1.807) is 0 Å². The summed E-state index contributed by atoms with van der Waals surface area (Å²) in [4.78, 5) is 26.6. The monoisotopic (exact) mass is 527 g/mol. The first-order valence-corrected chi connectivity index (χ1v) is 15.5.